The van der Waals surface area contributed by atoms with Gasteiger partial charge < -0.3 is 10.2 Å². The summed E-state index contributed by atoms with van der Waals surface area (Å²) in [4.78, 5) is 26.3. The minimum Gasteiger partial charge on any atom is -0.339 e. The van der Waals surface area contributed by atoms with E-state index in [1.807, 2.05) is 36.9 Å². The van der Waals surface area contributed by atoms with E-state index in [-0.39, 0.29) is 18.2 Å². The second kappa shape index (κ2) is 7.43. The smallest absolute Gasteiger partial charge is 0.233 e. The molecule has 1 unspecified atom stereocenters. The van der Waals surface area contributed by atoms with Gasteiger partial charge in [0.2, 0.25) is 11.8 Å². The first-order valence-electron chi connectivity index (χ1n) is 8.18. The molecule has 1 heterocycles. The number of benzene rings is 1. The summed E-state index contributed by atoms with van der Waals surface area (Å²) in [7, 11) is 0. The van der Waals surface area contributed by atoms with Crippen LogP contribution in [0.15, 0.2) is 18.2 Å². The Balaban J connectivity index is 1.93. The van der Waals surface area contributed by atoms with Crippen LogP contribution < -0.4 is 5.32 Å². The highest BCUT2D eigenvalue weighted by molar-refractivity contribution is 6.03. The zero-order valence-electron chi connectivity index (χ0n) is 13.8. The van der Waals surface area contributed by atoms with E-state index in [1.54, 1.807) is 0 Å². The highest BCUT2D eigenvalue weighted by atomic mass is 16.2. The molecule has 4 heteroatoms. The molecule has 0 radical (unpaired) electrons. The average molecular weight is 302 g/mol. The third-order valence-electron chi connectivity index (χ3n) is 4.52. The Kier molecular flexibility index (Phi) is 5.58. The van der Waals surface area contributed by atoms with Crippen molar-refractivity contribution in [2.75, 3.05) is 11.9 Å². The molecule has 1 fully saturated rings. The molecule has 1 aromatic rings. The van der Waals surface area contributed by atoms with Crippen molar-refractivity contribution in [2.45, 2.75) is 58.9 Å². The van der Waals surface area contributed by atoms with Gasteiger partial charge in [-0.05, 0) is 62.8 Å². The summed E-state index contributed by atoms with van der Waals surface area (Å²) < 4.78 is 0. The predicted octanol–water partition coefficient (Wildman–Crippen LogP) is 3.42. The summed E-state index contributed by atoms with van der Waals surface area (Å²) in [5.41, 5.74) is 3.07. The Morgan fingerprint density at radius 3 is 2.68 bits per heavy atom. The van der Waals surface area contributed by atoms with Gasteiger partial charge in [0.15, 0.2) is 0 Å². The van der Waals surface area contributed by atoms with E-state index in [0.717, 1.165) is 37.1 Å². The zero-order valence-corrected chi connectivity index (χ0v) is 13.8. The van der Waals surface area contributed by atoms with Gasteiger partial charge in [0.25, 0.3) is 0 Å². The number of rotatable bonds is 4. The summed E-state index contributed by atoms with van der Waals surface area (Å²) in [6.07, 6.45) is 4.17. The Labute approximate surface area is 132 Å². The molecule has 4 nitrogen and oxygen atoms in total. The molecule has 1 aromatic carbocycles. The van der Waals surface area contributed by atoms with Crippen molar-refractivity contribution in [3.8, 4) is 0 Å². The number of nitrogens with zero attached hydrogens (tertiary/aromatic N) is 1. The Bertz CT molecular complexity index is 554. The molecule has 120 valence electrons. The molecule has 0 spiro atoms. The fourth-order valence-electron chi connectivity index (χ4n) is 3.02. The van der Waals surface area contributed by atoms with E-state index in [0.29, 0.717) is 6.04 Å². The molecule has 22 heavy (non-hydrogen) atoms. The first kappa shape index (κ1) is 16.5. The number of carbonyl (C=O) groups excluding carboxylic acids is 2. The van der Waals surface area contributed by atoms with E-state index >= 15 is 0 Å². The van der Waals surface area contributed by atoms with Crippen LogP contribution in [0, 0.1) is 13.8 Å². The minimum atomic E-state index is -0.228. The number of hydrogen-bond donors (Lipinski definition) is 1. The van der Waals surface area contributed by atoms with Gasteiger partial charge in [-0.2, -0.15) is 0 Å². The van der Waals surface area contributed by atoms with Crippen molar-refractivity contribution in [3.05, 3.63) is 29.3 Å². The van der Waals surface area contributed by atoms with Crippen molar-refractivity contribution >= 4 is 17.5 Å². The fraction of sp³-hybridized carbons (Fsp3) is 0.556. The molecular formula is C18H26N2O2. The van der Waals surface area contributed by atoms with Crippen LogP contribution >= 0.6 is 0 Å². The van der Waals surface area contributed by atoms with Gasteiger partial charge in [0.05, 0.1) is 0 Å². The second-order valence-corrected chi connectivity index (χ2v) is 6.17. The first-order chi connectivity index (χ1) is 10.5. The van der Waals surface area contributed by atoms with Gasteiger partial charge in [-0.3, -0.25) is 9.59 Å². The summed E-state index contributed by atoms with van der Waals surface area (Å²) in [5.74, 6) is -0.276. The molecule has 2 rings (SSSR count). The van der Waals surface area contributed by atoms with Gasteiger partial charge in [-0.1, -0.05) is 13.0 Å². The summed E-state index contributed by atoms with van der Waals surface area (Å²) in [6.45, 7) is 6.93. The number of amides is 2. The van der Waals surface area contributed by atoms with Crippen molar-refractivity contribution in [1.82, 2.24) is 4.90 Å². The molecule has 1 saturated heterocycles. The van der Waals surface area contributed by atoms with Crippen LogP contribution in [0.25, 0.3) is 0 Å². The molecule has 2 amide bonds. The summed E-state index contributed by atoms with van der Waals surface area (Å²) >= 11 is 0. The standard InChI is InChI=1S/C18H26N2O2/c1-4-16-7-5-6-10-20(16)18(22)12-17(21)19-15-9-8-13(2)14(3)11-15/h8-9,11,16H,4-7,10,12H2,1-3H3,(H,19,21). The lowest BCUT2D eigenvalue weighted by atomic mass is 9.99. The Morgan fingerprint density at radius 2 is 2.00 bits per heavy atom. The zero-order chi connectivity index (χ0) is 16.1. The Morgan fingerprint density at radius 1 is 1.23 bits per heavy atom. The summed E-state index contributed by atoms with van der Waals surface area (Å²) in [5, 5.41) is 2.83. The van der Waals surface area contributed by atoms with E-state index < -0.39 is 0 Å². The molecule has 1 atom stereocenters. The molecule has 1 aliphatic heterocycles. The summed E-state index contributed by atoms with van der Waals surface area (Å²) in [6, 6.07) is 6.09. The number of carbonyl (C=O) groups is 2. The van der Waals surface area contributed by atoms with E-state index in [4.69, 9.17) is 0 Å². The second-order valence-electron chi connectivity index (χ2n) is 6.17. The van der Waals surface area contributed by atoms with Gasteiger partial charge in [-0.25, -0.2) is 0 Å². The maximum Gasteiger partial charge on any atom is 0.233 e. The molecule has 1 aliphatic rings. The van der Waals surface area contributed by atoms with E-state index in [2.05, 4.69) is 12.2 Å². The van der Waals surface area contributed by atoms with Gasteiger partial charge >= 0.3 is 0 Å². The largest absolute Gasteiger partial charge is 0.339 e. The van der Waals surface area contributed by atoms with Crippen LogP contribution in [0.1, 0.15) is 50.2 Å². The lowest BCUT2D eigenvalue weighted by Gasteiger charge is -2.35. The average Bonchev–Trinajstić information content (AvgIpc) is 2.50. The molecule has 0 aliphatic carbocycles. The Hall–Kier alpha value is -1.84. The first-order valence-corrected chi connectivity index (χ1v) is 8.18. The van der Waals surface area contributed by atoms with Crippen LogP contribution in [0.4, 0.5) is 5.69 Å². The van der Waals surface area contributed by atoms with Crippen molar-refractivity contribution < 1.29 is 9.59 Å². The van der Waals surface area contributed by atoms with Crippen LogP contribution in [-0.2, 0) is 9.59 Å². The van der Waals surface area contributed by atoms with Crippen molar-refractivity contribution in [2.24, 2.45) is 0 Å². The minimum absolute atomic E-state index is 0.0483. The number of nitrogens with one attached hydrogen (secondary N) is 1. The SMILES string of the molecule is CCC1CCCCN1C(=O)CC(=O)Nc1ccc(C)c(C)c1. The number of likely N-dealkylation sites (tertiary alicyclic amines) is 1. The number of aryl methyl sites for hydroxylation is 2. The van der Waals surface area contributed by atoms with Gasteiger partial charge in [0, 0.05) is 18.3 Å². The maximum absolute atomic E-state index is 12.4. The van der Waals surface area contributed by atoms with Crippen molar-refractivity contribution in [3.63, 3.8) is 0 Å². The van der Waals surface area contributed by atoms with Gasteiger partial charge in [0.1, 0.15) is 6.42 Å². The normalized spacial score (nSPS) is 18.1. The molecule has 1 N–H and O–H groups in total. The van der Waals surface area contributed by atoms with Crippen LogP contribution in [0.5, 0.6) is 0 Å². The predicted molar refractivity (Wildman–Crippen MR) is 88.8 cm³/mol. The van der Waals surface area contributed by atoms with Crippen molar-refractivity contribution in [1.29, 1.82) is 0 Å². The van der Waals surface area contributed by atoms with E-state index in [9.17, 15) is 9.59 Å². The number of anilines is 1. The van der Waals surface area contributed by atoms with Crippen LogP contribution in [-0.4, -0.2) is 29.3 Å². The number of piperidine rings is 1. The highest BCUT2D eigenvalue weighted by Gasteiger charge is 2.26. The molecule has 0 aromatic heterocycles. The molecular weight excluding hydrogens is 276 g/mol. The molecule has 0 saturated carbocycles. The highest BCUT2D eigenvalue weighted by Crippen LogP contribution is 2.20. The quantitative estimate of drug-likeness (QED) is 0.866. The topological polar surface area (TPSA) is 49.4 Å². The van der Waals surface area contributed by atoms with Crippen LogP contribution in [0.3, 0.4) is 0 Å². The third kappa shape index (κ3) is 4.09. The third-order valence-corrected chi connectivity index (χ3v) is 4.52. The maximum atomic E-state index is 12.4. The van der Waals surface area contributed by atoms with E-state index in [1.165, 1.54) is 12.0 Å². The monoisotopic (exact) mass is 302 g/mol. The lowest BCUT2D eigenvalue weighted by molar-refractivity contribution is -0.137. The lowest BCUT2D eigenvalue weighted by Crippen LogP contribution is -2.44. The molecule has 0 bridgehead atoms. The number of hydrogen-bond acceptors (Lipinski definition) is 2. The van der Waals surface area contributed by atoms with Gasteiger partial charge in [-0.15, -0.1) is 0 Å². The fourth-order valence-corrected chi connectivity index (χ4v) is 3.02. The van der Waals surface area contributed by atoms with Crippen LogP contribution in [0.2, 0.25) is 0 Å².